The summed E-state index contributed by atoms with van der Waals surface area (Å²) >= 11 is 6.09. The third-order valence-corrected chi connectivity index (χ3v) is 5.99. The zero-order chi connectivity index (χ0) is 20.2. The number of carbonyl (C=O) groups is 1. The lowest BCUT2D eigenvalue weighted by Crippen LogP contribution is -2.27. The van der Waals surface area contributed by atoms with Crippen molar-refractivity contribution in [1.82, 2.24) is 9.79 Å². The van der Waals surface area contributed by atoms with Gasteiger partial charge in [0.1, 0.15) is 0 Å². The van der Waals surface area contributed by atoms with Crippen LogP contribution in [0.25, 0.3) is 0 Å². The van der Waals surface area contributed by atoms with E-state index in [-0.39, 0.29) is 22.0 Å². The summed E-state index contributed by atoms with van der Waals surface area (Å²) in [6, 6.07) is 11.6. The Morgan fingerprint density at radius 2 is 1.74 bits per heavy atom. The van der Waals surface area contributed by atoms with E-state index in [2.05, 4.69) is 5.32 Å². The molecule has 0 fully saturated rings. The summed E-state index contributed by atoms with van der Waals surface area (Å²) in [4.78, 5) is 19.1. The zero-order valence-electron chi connectivity index (χ0n) is 15.6. The van der Waals surface area contributed by atoms with Crippen LogP contribution < -0.4 is 10.2 Å². The first-order chi connectivity index (χ1) is 12.7. The lowest BCUT2D eigenvalue weighted by atomic mass is 10.1. The molecular weight excluding hydrogens is 390 g/mol. The molecule has 1 amide bonds. The largest absolute Gasteiger partial charge is 0.378 e. The Labute approximate surface area is 164 Å². The third kappa shape index (κ3) is 4.98. The SMILES string of the molecule is CON(C)S(=O)(=O)c1ccc(Cl)c(C(=O)NCc2ccc(N(C)C)cc2)c1. The van der Waals surface area contributed by atoms with Gasteiger partial charge in [-0.25, -0.2) is 8.42 Å². The summed E-state index contributed by atoms with van der Waals surface area (Å²) in [5.74, 6) is -0.464. The molecule has 0 spiro atoms. The number of nitrogens with zero attached hydrogens (tertiary/aromatic N) is 2. The van der Waals surface area contributed by atoms with Crippen LogP contribution in [-0.2, 0) is 21.4 Å². The average Bonchev–Trinajstić information content (AvgIpc) is 2.65. The van der Waals surface area contributed by atoms with E-state index in [0.29, 0.717) is 4.47 Å². The molecule has 146 valence electrons. The summed E-state index contributed by atoms with van der Waals surface area (Å²) in [5.41, 5.74) is 2.04. The fraction of sp³-hybridized carbons (Fsp3) is 0.278. The monoisotopic (exact) mass is 411 g/mol. The molecule has 0 aliphatic carbocycles. The lowest BCUT2D eigenvalue weighted by Gasteiger charge is -2.15. The minimum atomic E-state index is -3.87. The Balaban J connectivity index is 2.17. The molecule has 2 aromatic carbocycles. The molecule has 0 radical (unpaired) electrons. The predicted octanol–water partition coefficient (Wildman–Crippen LogP) is 2.52. The standard InChI is InChI=1S/C18H22ClN3O4S/c1-21(2)14-7-5-13(6-8-14)12-20-18(23)16-11-15(9-10-17(16)19)27(24,25)22(3)26-4/h5-11H,12H2,1-4H3,(H,20,23). The van der Waals surface area contributed by atoms with Crippen LogP contribution in [0.3, 0.4) is 0 Å². The summed E-state index contributed by atoms with van der Waals surface area (Å²) in [7, 11) is 2.52. The van der Waals surface area contributed by atoms with E-state index in [9.17, 15) is 13.2 Å². The number of sulfonamides is 1. The molecule has 9 heteroatoms. The number of benzene rings is 2. The van der Waals surface area contributed by atoms with Crippen molar-refractivity contribution in [3.63, 3.8) is 0 Å². The predicted molar refractivity (Wildman–Crippen MR) is 105 cm³/mol. The van der Waals surface area contributed by atoms with Crippen LogP contribution in [0, 0.1) is 0 Å². The van der Waals surface area contributed by atoms with E-state index < -0.39 is 15.9 Å². The minimum Gasteiger partial charge on any atom is -0.378 e. The van der Waals surface area contributed by atoms with Crippen molar-refractivity contribution in [2.24, 2.45) is 0 Å². The highest BCUT2D eigenvalue weighted by molar-refractivity contribution is 7.89. The number of rotatable bonds is 7. The zero-order valence-corrected chi connectivity index (χ0v) is 17.1. The highest BCUT2D eigenvalue weighted by Crippen LogP contribution is 2.23. The molecular formula is C18H22ClN3O4S. The smallest absolute Gasteiger partial charge is 0.264 e. The molecule has 0 atom stereocenters. The fourth-order valence-electron chi connectivity index (χ4n) is 2.27. The van der Waals surface area contributed by atoms with Crippen LogP contribution in [0.15, 0.2) is 47.4 Å². The van der Waals surface area contributed by atoms with E-state index in [1.807, 2.05) is 43.3 Å². The van der Waals surface area contributed by atoms with Crippen LogP contribution in [0.2, 0.25) is 5.02 Å². The first-order valence-corrected chi connectivity index (χ1v) is 9.85. The van der Waals surface area contributed by atoms with Gasteiger partial charge in [-0.05, 0) is 35.9 Å². The molecule has 0 aromatic heterocycles. The van der Waals surface area contributed by atoms with Crippen molar-refractivity contribution < 1.29 is 18.0 Å². The molecule has 27 heavy (non-hydrogen) atoms. The van der Waals surface area contributed by atoms with Crippen LogP contribution in [0.4, 0.5) is 5.69 Å². The molecule has 1 N–H and O–H groups in total. The number of anilines is 1. The van der Waals surface area contributed by atoms with Gasteiger partial charge < -0.3 is 10.2 Å². The first kappa shape index (κ1) is 21.2. The van der Waals surface area contributed by atoms with E-state index >= 15 is 0 Å². The summed E-state index contributed by atoms with van der Waals surface area (Å²) in [5, 5.41) is 2.91. The molecule has 0 bridgehead atoms. The van der Waals surface area contributed by atoms with Gasteiger partial charge in [0, 0.05) is 33.4 Å². The molecule has 0 heterocycles. The van der Waals surface area contributed by atoms with Gasteiger partial charge >= 0.3 is 0 Å². The average molecular weight is 412 g/mol. The maximum atomic E-state index is 12.5. The van der Waals surface area contributed by atoms with Crippen LogP contribution in [0.5, 0.6) is 0 Å². The number of nitrogens with one attached hydrogen (secondary N) is 1. The first-order valence-electron chi connectivity index (χ1n) is 8.04. The van der Waals surface area contributed by atoms with Gasteiger partial charge in [0.25, 0.3) is 15.9 Å². The maximum absolute atomic E-state index is 12.5. The molecule has 0 aliphatic heterocycles. The van der Waals surface area contributed by atoms with E-state index in [1.54, 1.807) is 0 Å². The van der Waals surface area contributed by atoms with Crippen molar-refractivity contribution in [3.05, 3.63) is 58.6 Å². The quantitative estimate of drug-likeness (QED) is 0.708. The molecule has 7 nitrogen and oxygen atoms in total. The Bertz CT molecular complexity index is 915. The molecule has 0 unspecified atom stereocenters. The van der Waals surface area contributed by atoms with Crippen molar-refractivity contribution in [2.75, 3.05) is 33.2 Å². The minimum absolute atomic E-state index is 0.0761. The third-order valence-electron chi connectivity index (χ3n) is 3.98. The van der Waals surface area contributed by atoms with Gasteiger partial charge in [-0.3, -0.25) is 9.63 Å². The van der Waals surface area contributed by atoms with Gasteiger partial charge in [-0.2, -0.15) is 0 Å². The van der Waals surface area contributed by atoms with Crippen molar-refractivity contribution >= 4 is 33.2 Å². The maximum Gasteiger partial charge on any atom is 0.264 e. The Kier molecular flexibility index (Phi) is 6.83. The van der Waals surface area contributed by atoms with Gasteiger partial charge in [-0.15, -0.1) is 0 Å². The number of hydrogen-bond donors (Lipinski definition) is 1. The summed E-state index contributed by atoms with van der Waals surface area (Å²) < 4.78 is 25.4. The Morgan fingerprint density at radius 1 is 1.11 bits per heavy atom. The molecule has 2 rings (SSSR count). The van der Waals surface area contributed by atoms with Crippen LogP contribution >= 0.6 is 11.6 Å². The van der Waals surface area contributed by atoms with Gasteiger partial charge in [-0.1, -0.05) is 28.2 Å². The van der Waals surface area contributed by atoms with Gasteiger partial charge in [0.15, 0.2) is 0 Å². The number of carbonyl (C=O) groups excluding carboxylic acids is 1. The number of halogens is 1. The molecule has 0 saturated heterocycles. The van der Waals surface area contributed by atoms with Crippen LogP contribution in [0.1, 0.15) is 15.9 Å². The number of hydrogen-bond acceptors (Lipinski definition) is 5. The Morgan fingerprint density at radius 3 is 2.30 bits per heavy atom. The van der Waals surface area contributed by atoms with Crippen LogP contribution in [-0.4, -0.2) is 47.0 Å². The molecule has 0 aliphatic rings. The second kappa shape index (κ2) is 8.71. The van der Waals surface area contributed by atoms with E-state index in [1.165, 1.54) is 32.4 Å². The fourth-order valence-corrected chi connectivity index (χ4v) is 3.48. The summed E-state index contributed by atoms with van der Waals surface area (Å²) in [6.45, 7) is 0.290. The second-order valence-electron chi connectivity index (χ2n) is 5.98. The normalized spacial score (nSPS) is 11.5. The molecule has 2 aromatic rings. The van der Waals surface area contributed by atoms with Crippen molar-refractivity contribution in [3.8, 4) is 0 Å². The highest BCUT2D eigenvalue weighted by atomic mass is 35.5. The topological polar surface area (TPSA) is 78.9 Å². The highest BCUT2D eigenvalue weighted by Gasteiger charge is 2.23. The molecule has 0 saturated carbocycles. The van der Waals surface area contributed by atoms with Gasteiger partial charge in [0.05, 0.1) is 22.6 Å². The van der Waals surface area contributed by atoms with E-state index in [0.717, 1.165) is 11.3 Å². The lowest BCUT2D eigenvalue weighted by molar-refractivity contribution is -0.0258. The Hall–Kier alpha value is -2.13. The van der Waals surface area contributed by atoms with Crippen molar-refractivity contribution in [2.45, 2.75) is 11.4 Å². The second-order valence-corrected chi connectivity index (χ2v) is 8.33. The summed E-state index contributed by atoms with van der Waals surface area (Å²) in [6.07, 6.45) is 0. The van der Waals surface area contributed by atoms with Gasteiger partial charge in [0.2, 0.25) is 0 Å². The van der Waals surface area contributed by atoms with Crippen molar-refractivity contribution in [1.29, 1.82) is 0 Å². The number of amides is 1. The number of hydroxylamine groups is 1. The van der Waals surface area contributed by atoms with E-state index in [4.69, 9.17) is 16.4 Å².